The zero-order valence-corrected chi connectivity index (χ0v) is 18.2. The molecule has 3 aromatic heterocycles. The molecule has 1 N–H and O–H groups in total. The summed E-state index contributed by atoms with van der Waals surface area (Å²) in [4.78, 5) is 23.8. The summed E-state index contributed by atoms with van der Waals surface area (Å²) >= 11 is 0. The molecule has 4 heterocycles. The molecule has 0 aromatic carbocycles. The monoisotopic (exact) mass is 418 g/mol. The van der Waals surface area contributed by atoms with E-state index in [9.17, 15) is 10.1 Å². The minimum atomic E-state index is -0.0865. The Hall–Kier alpha value is -3.60. The Bertz CT molecular complexity index is 1200. The Morgan fingerprint density at radius 1 is 1.26 bits per heavy atom. The first-order valence-corrected chi connectivity index (χ1v) is 10.4. The molecule has 1 aliphatic rings. The molecule has 0 bridgehead atoms. The number of aryl methyl sites for hydroxylation is 1. The van der Waals surface area contributed by atoms with Crippen molar-refractivity contribution in [2.45, 2.75) is 32.4 Å². The molecule has 3 aromatic rings. The third-order valence-corrected chi connectivity index (χ3v) is 6.10. The van der Waals surface area contributed by atoms with Crippen LogP contribution >= 0.6 is 0 Å². The van der Waals surface area contributed by atoms with E-state index >= 15 is 0 Å². The molecule has 1 saturated heterocycles. The summed E-state index contributed by atoms with van der Waals surface area (Å²) in [7, 11) is 3.35. The van der Waals surface area contributed by atoms with Crippen molar-refractivity contribution in [3.63, 3.8) is 0 Å². The van der Waals surface area contributed by atoms with Crippen LogP contribution in [0.25, 0.3) is 11.0 Å². The van der Waals surface area contributed by atoms with Gasteiger partial charge in [0.25, 0.3) is 5.56 Å². The van der Waals surface area contributed by atoms with E-state index in [1.54, 1.807) is 43.1 Å². The average Bonchev–Trinajstić information content (AvgIpc) is 2.78. The lowest BCUT2D eigenvalue weighted by Gasteiger charge is -2.43. The second-order valence-electron chi connectivity index (χ2n) is 8.15. The van der Waals surface area contributed by atoms with Gasteiger partial charge in [0, 0.05) is 31.7 Å². The topological polar surface area (TPSA) is 96.1 Å². The highest BCUT2D eigenvalue weighted by molar-refractivity contribution is 5.89. The maximum Gasteiger partial charge on any atom is 0.252 e. The maximum absolute atomic E-state index is 12.6. The highest BCUT2D eigenvalue weighted by Crippen LogP contribution is 2.32. The highest BCUT2D eigenvalue weighted by Gasteiger charge is 2.32. The number of nitrogens with one attached hydrogen (secondary N) is 1. The van der Waals surface area contributed by atoms with Crippen LogP contribution in [-0.2, 0) is 7.05 Å². The number of nitriles is 1. The lowest BCUT2D eigenvalue weighted by atomic mass is 9.89. The third kappa shape index (κ3) is 3.91. The number of rotatable bonds is 4. The van der Waals surface area contributed by atoms with Gasteiger partial charge in [0.15, 0.2) is 0 Å². The summed E-state index contributed by atoms with van der Waals surface area (Å²) in [6.07, 6.45) is 2.58. The normalized spacial score (nSPS) is 21.0. The largest absolute Gasteiger partial charge is 0.495 e. The number of aromatic nitrogens is 3. The van der Waals surface area contributed by atoms with Crippen LogP contribution in [0.1, 0.15) is 26.0 Å². The van der Waals surface area contributed by atoms with E-state index in [4.69, 9.17) is 4.74 Å². The number of nitrogens with zero attached hydrogens (tertiary/aromatic N) is 5. The Morgan fingerprint density at radius 3 is 2.74 bits per heavy atom. The van der Waals surface area contributed by atoms with E-state index in [2.05, 4.69) is 40.1 Å². The number of ether oxygens (including phenoxy) is 1. The first-order chi connectivity index (χ1) is 14.9. The van der Waals surface area contributed by atoms with Crippen LogP contribution in [-0.4, -0.2) is 40.3 Å². The Morgan fingerprint density at radius 2 is 2.06 bits per heavy atom. The fourth-order valence-corrected chi connectivity index (χ4v) is 4.25. The molecule has 1 unspecified atom stereocenters. The molecule has 160 valence electrons. The van der Waals surface area contributed by atoms with Gasteiger partial charge in [0.05, 0.1) is 24.5 Å². The molecule has 31 heavy (non-hydrogen) atoms. The molecule has 0 aliphatic carbocycles. The fraction of sp³-hybridized carbons (Fsp3) is 0.391. The van der Waals surface area contributed by atoms with E-state index in [1.807, 2.05) is 12.1 Å². The Labute approximate surface area is 181 Å². The molecule has 0 saturated carbocycles. The molecule has 1 fully saturated rings. The van der Waals surface area contributed by atoms with Gasteiger partial charge in [-0.05, 0) is 43.5 Å². The van der Waals surface area contributed by atoms with E-state index < -0.39 is 0 Å². The van der Waals surface area contributed by atoms with Gasteiger partial charge in [-0.2, -0.15) is 5.26 Å². The van der Waals surface area contributed by atoms with Gasteiger partial charge in [0.1, 0.15) is 28.8 Å². The van der Waals surface area contributed by atoms with Crippen molar-refractivity contribution in [3.05, 3.63) is 52.6 Å². The SMILES string of the molecule is COc1ccc(N[C@H]2C[C@H](C)N(c3cc(=O)n(C)c4ccc(C#N)nc34)CC2C)nc1. The van der Waals surface area contributed by atoms with Gasteiger partial charge < -0.3 is 19.5 Å². The zero-order chi connectivity index (χ0) is 22.1. The van der Waals surface area contributed by atoms with Gasteiger partial charge in [-0.25, -0.2) is 9.97 Å². The number of pyridine rings is 3. The van der Waals surface area contributed by atoms with Crippen molar-refractivity contribution >= 4 is 22.5 Å². The van der Waals surface area contributed by atoms with E-state index in [0.717, 1.165) is 35.7 Å². The molecule has 8 heteroatoms. The number of methoxy groups -OCH3 is 1. The minimum Gasteiger partial charge on any atom is -0.495 e. The van der Waals surface area contributed by atoms with Crippen molar-refractivity contribution in [1.29, 1.82) is 5.26 Å². The summed E-state index contributed by atoms with van der Waals surface area (Å²) in [5, 5.41) is 12.8. The average molecular weight is 419 g/mol. The van der Waals surface area contributed by atoms with Crippen LogP contribution in [0.4, 0.5) is 11.5 Å². The lowest BCUT2D eigenvalue weighted by molar-refractivity contribution is 0.355. The summed E-state index contributed by atoms with van der Waals surface area (Å²) in [6, 6.07) is 11.4. The van der Waals surface area contributed by atoms with Crippen LogP contribution in [0, 0.1) is 17.2 Å². The first-order valence-electron chi connectivity index (χ1n) is 10.4. The van der Waals surface area contributed by atoms with Crippen LogP contribution in [0.15, 0.2) is 41.3 Å². The molecule has 4 rings (SSSR count). The van der Waals surface area contributed by atoms with Gasteiger partial charge in [-0.1, -0.05) is 6.92 Å². The third-order valence-electron chi connectivity index (χ3n) is 6.10. The summed E-state index contributed by atoms with van der Waals surface area (Å²) in [5.74, 6) is 1.85. The molecule has 8 nitrogen and oxygen atoms in total. The number of fused-ring (bicyclic) bond motifs is 1. The molecule has 0 spiro atoms. The quantitative estimate of drug-likeness (QED) is 0.696. The highest BCUT2D eigenvalue weighted by atomic mass is 16.5. The smallest absolute Gasteiger partial charge is 0.252 e. The molecular formula is C23H26N6O2. The molecule has 0 radical (unpaired) electrons. The molecule has 1 aliphatic heterocycles. The van der Waals surface area contributed by atoms with Crippen LogP contribution in [0.2, 0.25) is 0 Å². The fourth-order valence-electron chi connectivity index (χ4n) is 4.25. The minimum absolute atomic E-state index is 0.0865. The standard InChI is InChI=1S/C23H26N6O2/c1-14-13-29(15(2)9-18(14)27-21-8-6-17(31-4)12-25-21)20-10-22(30)28(3)19-7-5-16(11-24)26-23(19)20/h5-8,10,12,14-15,18H,9,13H2,1-4H3,(H,25,27)/t14?,15-,18-/m0/s1. The van der Waals surface area contributed by atoms with Crippen LogP contribution in [0.5, 0.6) is 5.75 Å². The summed E-state index contributed by atoms with van der Waals surface area (Å²) in [5.41, 5.74) is 2.45. The Balaban J connectivity index is 1.63. The van der Waals surface area contributed by atoms with Crippen LogP contribution < -0.4 is 20.5 Å². The van der Waals surface area contributed by atoms with E-state index in [1.165, 1.54) is 0 Å². The van der Waals surface area contributed by atoms with Gasteiger partial charge in [-0.3, -0.25) is 4.79 Å². The van der Waals surface area contributed by atoms with E-state index in [0.29, 0.717) is 17.1 Å². The van der Waals surface area contributed by atoms with Crippen molar-refractivity contribution in [1.82, 2.24) is 14.5 Å². The first kappa shape index (κ1) is 20.7. The Kier molecular flexibility index (Phi) is 5.51. The second kappa shape index (κ2) is 8.26. The number of hydrogen-bond acceptors (Lipinski definition) is 7. The number of anilines is 2. The van der Waals surface area contributed by atoms with E-state index in [-0.39, 0.29) is 17.6 Å². The second-order valence-corrected chi connectivity index (χ2v) is 8.15. The van der Waals surface area contributed by atoms with Crippen molar-refractivity contribution in [2.24, 2.45) is 13.0 Å². The van der Waals surface area contributed by atoms with Crippen molar-refractivity contribution in [2.75, 3.05) is 23.9 Å². The lowest BCUT2D eigenvalue weighted by Crippen LogP contribution is -2.50. The van der Waals surface area contributed by atoms with Crippen molar-refractivity contribution in [3.8, 4) is 11.8 Å². The predicted octanol–water partition coefficient (Wildman–Crippen LogP) is 2.92. The zero-order valence-electron chi connectivity index (χ0n) is 18.2. The van der Waals surface area contributed by atoms with Crippen molar-refractivity contribution < 1.29 is 4.74 Å². The van der Waals surface area contributed by atoms with Crippen LogP contribution in [0.3, 0.4) is 0 Å². The predicted molar refractivity (Wildman–Crippen MR) is 120 cm³/mol. The summed E-state index contributed by atoms with van der Waals surface area (Å²) < 4.78 is 6.75. The van der Waals surface area contributed by atoms with Gasteiger partial charge in [0.2, 0.25) is 0 Å². The molecule has 3 atom stereocenters. The van der Waals surface area contributed by atoms with Gasteiger partial charge >= 0.3 is 0 Å². The number of hydrogen-bond donors (Lipinski definition) is 1. The summed E-state index contributed by atoms with van der Waals surface area (Å²) in [6.45, 7) is 5.10. The van der Waals surface area contributed by atoms with Gasteiger partial charge in [-0.15, -0.1) is 0 Å². The molecule has 0 amide bonds. The maximum atomic E-state index is 12.6. The number of piperidine rings is 1. The molecular weight excluding hydrogens is 392 g/mol.